The molecule has 33 heavy (non-hydrogen) atoms. The molecule has 1 aromatic heterocycles. The second-order valence-electron chi connectivity index (χ2n) is 7.50. The number of carbonyl (C=O) groups excluding carboxylic acids is 4. The van der Waals surface area contributed by atoms with Crippen molar-refractivity contribution in [3.63, 3.8) is 0 Å². The van der Waals surface area contributed by atoms with E-state index in [0.717, 1.165) is 29.7 Å². The minimum absolute atomic E-state index is 0.157. The van der Waals surface area contributed by atoms with Crippen LogP contribution in [0.2, 0.25) is 5.02 Å². The number of esters is 2. The Balaban J connectivity index is 1.60. The molecule has 3 rings (SSSR count). The summed E-state index contributed by atoms with van der Waals surface area (Å²) in [6.45, 7) is 2.79. The van der Waals surface area contributed by atoms with Crippen LogP contribution in [0.4, 0.5) is 5.00 Å². The first kappa shape index (κ1) is 24.7. The monoisotopic (exact) mass is 492 g/mol. The lowest BCUT2D eigenvalue weighted by Crippen LogP contribution is -2.29. The van der Waals surface area contributed by atoms with Crippen LogP contribution in [0.3, 0.4) is 0 Å². The number of benzene rings is 1. The van der Waals surface area contributed by atoms with Crippen LogP contribution >= 0.6 is 22.9 Å². The van der Waals surface area contributed by atoms with Crippen LogP contribution in [-0.2, 0) is 36.7 Å². The van der Waals surface area contributed by atoms with Gasteiger partial charge in [-0.05, 0) is 49.4 Å². The lowest BCUT2D eigenvalue weighted by atomic mass is 10.0. The molecule has 1 aliphatic carbocycles. The van der Waals surface area contributed by atoms with Gasteiger partial charge in [0.15, 0.2) is 6.61 Å². The number of rotatable bonds is 9. The first-order valence-corrected chi connectivity index (χ1v) is 11.8. The van der Waals surface area contributed by atoms with Gasteiger partial charge in [0, 0.05) is 16.8 Å². The Labute approximate surface area is 200 Å². The lowest BCUT2D eigenvalue weighted by molar-refractivity contribution is -0.148. The van der Waals surface area contributed by atoms with Gasteiger partial charge in [-0.2, -0.15) is 0 Å². The maximum absolute atomic E-state index is 12.4. The lowest BCUT2D eigenvalue weighted by Gasteiger charge is -2.17. The van der Waals surface area contributed by atoms with Crippen LogP contribution in [0.25, 0.3) is 0 Å². The predicted molar refractivity (Wildman–Crippen MR) is 125 cm³/mol. The molecule has 1 aromatic carbocycles. The zero-order valence-electron chi connectivity index (χ0n) is 18.4. The number of thiophene rings is 1. The molecule has 8 nitrogen and oxygen atoms in total. The van der Waals surface area contributed by atoms with Crippen molar-refractivity contribution in [3.8, 4) is 0 Å². The molecule has 2 N–H and O–H groups in total. The van der Waals surface area contributed by atoms with Gasteiger partial charge in [-0.15, -0.1) is 11.3 Å². The molecule has 0 bridgehead atoms. The minimum Gasteiger partial charge on any atom is -0.462 e. The summed E-state index contributed by atoms with van der Waals surface area (Å²) in [6, 6.07) is 6.10. The third-order valence-corrected chi connectivity index (χ3v) is 6.50. The number of anilines is 1. The molecular formula is C23H25ClN2O6S. The molecule has 1 atom stereocenters. The van der Waals surface area contributed by atoms with Gasteiger partial charge in [-0.3, -0.25) is 14.4 Å². The van der Waals surface area contributed by atoms with E-state index >= 15 is 0 Å². The average molecular weight is 493 g/mol. The van der Waals surface area contributed by atoms with E-state index < -0.39 is 30.5 Å². The second-order valence-corrected chi connectivity index (χ2v) is 9.04. The van der Waals surface area contributed by atoms with Gasteiger partial charge >= 0.3 is 11.9 Å². The molecule has 1 unspecified atom stereocenters. The van der Waals surface area contributed by atoms with Crippen LogP contribution in [0.5, 0.6) is 0 Å². The van der Waals surface area contributed by atoms with E-state index in [-0.39, 0.29) is 18.9 Å². The van der Waals surface area contributed by atoms with Gasteiger partial charge in [-0.25, -0.2) is 4.79 Å². The second kappa shape index (κ2) is 11.3. The molecule has 0 spiro atoms. The zero-order chi connectivity index (χ0) is 24.0. The molecule has 2 amide bonds. The number of nitrogens with one attached hydrogen (secondary N) is 2. The fraction of sp³-hybridized carbons (Fsp3) is 0.391. The van der Waals surface area contributed by atoms with Crippen molar-refractivity contribution in [3.05, 3.63) is 50.9 Å². The Kier molecular flexibility index (Phi) is 8.46. The van der Waals surface area contributed by atoms with E-state index in [0.29, 0.717) is 21.2 Å². The normalized spacial score (nSPS) is 13.1. The van der Waals surface area contributed by atoms with Crippen molar-refractivity contribution >= 4 is 51.7 Å². The highest BCUT2D eigenvalue weighted by Crippen LogP contribution is 2.39. The Hall–Kier alpha value is -2.91. The standard InChI is InChI=1S/C23H25ClN2O6S/c1-3-31-23(30)21-16-5-4-6-18(16)33-22(21)26-19(28)12-32-20(29)11-17(25-13(2)27)14-7-9-15(24)10-8-14/h7-10,17H,3-6,11-12H2,1-2H3,(H,25,27)(H,26,28). The molecule has 0 saturated carbocycles. The van der Waals surface area contributed by atoms with E-state index in [1.807, 2.05) is 0 Å². The largest absolute Gasteiger partial charge is 0.462 e. The van der Waals surface area contributed by atoms with Crippen molar-refractivity contribution < 1.29 is 28.7 Å². The van der Waals surface area contributed by atoms with Gasteiger partial charge in [0.1, 0.15) is 5.00 Å². The Bertz CT molecular complexity index is 1050. The van der Waals surface area contributed by atoms with Gasteiger partial charge < -0.3 is 20.1 Å². The Morgan fingerprint density at radius 2 is 1.85 bits per heavy atom. The van der Waals surface area contributed by atoms with E-state index in [2.05, 4.69) is 10.6 Å². The summed E-state index contributed by atoms with van der Waals surface area (Å²) in [5.41, 5.74) is 2.00. The Morgan fingerprint density at radius 3 is 2.52 bits per heavy atom. The molecule has 2 aromatic rings. The van der Waals surface area contributed by atoms with Crippen LogP contribution in [0.15, 0.2) is 24.3 Å². The fourth-order valence-corrected chi connectivity index (χ4v) is 5.06. The third-order valence-electron chi connectivity index (χ3n) is 5.04. The van der Waals surface area contributed by atoms with Crippen LogP contribution in [0.1, 0.15) is 59.1 Å². The molecule has 1 heterocycles. The van der Waals surface area contributed by atoms with Gasteiger partial charge in [0.25, 0.3) is 5.91 Å². The van der Waals surface area contributed by atoms with Gasteiger partial charge in [0.05, 0.1) is 24.6 Å². The number of fused-ring (bicyclic) bond motifs is 1. The predicted octanol–water partition coefficient (Wildman–Crippen LogP) is 3.82. The molecule has 176 valence electrons. The average Bonchev–Trinajstić information content (AvgIpc) is 3.33. The maximum atomic E-state index is 12.4. The summed E-state index contributed by atoms with van der Waals surface area (Å²) in [4.78, 5) is 49.8. The topological polar surface area (TPSA) is 111 Å². The molecule has 0 radical (unpaired) electrons. The summed E-state index contributed by atoms with van der Waals surface area (Å²) < 4.78 is 10.3. The summed E-state index contributed by atoms with van der Waals surface area (Å²) in [5.74, 6) is -1.99. The number of amides is 2. The van der Waals surface area contributed by atoms with Crippen molar-refractivity contribution in [2.45, 2.75) is 45.6 Å². The zero-order valence-corrected chi connectivity index (χ0v) is 19.9. The third kappa shape index (κ3) is 6.55. The number of carbonyl (C=O) groups is 4. The van der Waals surface area contributed by atoms with E-state index in [4.69, 9.17) is 21.1 Å². The first-order chi connectivity index (χ1) is 15.8. The van der Waals surface area contributed by atoms with Crippen molar-refractivity contribution in [2.75, 3.05) is 18.5 Å². The van der Waals surface area contributed by atoms with Crippen molar-refractivity contribution in [1.29, 1.82) is 0 Å². The first-order valence-electron chi connectivity index (χ1n) is 10.6. The summed E-state index contributed by atoms with van der Waals surface area (Å²) in [5, 5.41) is 6.31. The van der Waals surface area contributed by atoms with Crippen LogP contribution < -0.4 is 10.6 Å². The molecule has 0 saturated heterocycles. The number of halogens is 1. The van der Waals surface area contributed by atoms with E-state index in [1.54, 1.807) is 31.2 Å². The Morgan fingerprint density at radius 1 is 1.12 bits per heavy atom. The molecular weight excluding hydrogens is 468 g/mol. The summed E-state index contributed by atoms with van der Waals surface area (Å²) in [6.07, 6.45) is 2.42. The molecule has 0 fully saturated rings. The molecule has 10 heteroatoms. The highest BCUT2D eigenvalue weighted by atomic mass is 35.5. The molecule has 0 aliphatic heterocycles. The number of hydrogen-bond acceptors (Lipinski definition) is 7. The highest BCUT2D eigenvalue weighted by Gasteiger charge is 2.28. The SMILES string of the molecule is CCOC(=O)c1c(NC(=O)COC(=O)CC(NC(C)=O)c2ccc(Cl)cc2)sc2c1CCC2. The number of ether oxygens (including phenoxy) is 2. The van der Waals surface area contributed by atoms with Crippen LogP contribution in [0, 0.1) is 0 Å². The smallest absolute Gasteiger partial charge is 0.341 e. The highest BCUT2D eigenvalue weighted by molar-refractivity contribution is 7.17. The number of aryl methyl sites for hydroxylation is 1. The number of hydrogen-bond donors (Lipinski definition) is 2. The maximum Gasteiger partial charge on any atom is 0.341 e. The van der Waals surface area contributed by atoms with Crippen molar-refractivity contribution in [1.82, 2.24) is 5.32 Å². The van der Waals surface area contributed by atoms with Gasteiger partial charge in [-0.1, -0.05) is 23.7 Å². The van der Waals surface area contributed by atoms with E-state index in [1.165, 1.54) is 18.3 Å². The quantitative estimate of drug-likeness (QED) is 0.515. The summed E-state index contributed by atoms with van der Waals surface area (Å²) in [7, 11) is 0. The van der Waals surface area contributed by atoms with Crippen molar-refractivity contribution in [2.24, 2.45) is 0 Å². The summed E-state index contributed by atoms with van der Waals surface area (Å²) >= 11 is 7.25. The van der Waals surface area contributed by atoms with Crippen LogP contribution in [-0.4, -0.2) is 37.0 Å². The van der Waals surface area contributed by atoms with E-state index in [9.17, 15) is 19.2 Å². The fourth-order valence-electron chi connectivity index (χ4n) is 3.64. The molecule has 1 aliphatic rings. The minimum atomic E-state index is -0.654. The van der Waals surface area contributed by atoms with Gasteiger partial charge in [0.2, 0.25) is 5.91 Å².